The SMILES string of the molecule is Fc1cccc(F)c1-c1cncn1-c1ccc(OC(F)(F)F)cc1. The van der Waals surface area contributed by atoms with Crippen LogP contribution < -0.4 is 4.74 Å². The van der Waals surface area contributed by atoms with Gasteiger partial charge in [-0.15, -0.1) is 13.2 Å². The molecule has 0 bridgehead atoms. The molecule has 1 heterocycles. The van der Waals surface area contributed by atoms with Crippen molar-refractivity contribution < 1.29 is 26.7 Å². The van der Waals surface area contributed by atoms with Gasteiger partial charge in [0.2, 0.25) is 0 Å². The average Bonchev–Trinajstić information content (AvgIpc) is 2.95. The number of aromatic nitrogens is 2. The van der Waals surface area contributed by atoms with Crippen LogP contribution in [0.25, 0.3) is 16.9 Å². The van der Waals surface area contributed by atoms with Gasteiger partial charge in [0, 0.05) is 5.69 Å². The predicted molar refractivity (Wildman–Crippen MR) is 75.6 cm³/mol. The maximum Gasteiger partial charge on any atom is 0.573 e. The number of alkyl halides is 3. The summed E-state index contributed by atoms with van der Waals surface area (Å²) in [4.78, 5) is 3.86. The third kappa shape index (κ3) is 3.22. The summed E-state index contributed by atoms with van der Waals surface area (Å²) in [7, 11) is 0. The second-order valence-electron chi connectivity index (χ2n) is 4.79. The number of nitrogens with zero attached hydrogens (tertiary/aromatic N) is 2. The van der Waals surface area contributed by atoms with Crippen molar-refractivity contribution >= 4 is 0 Å². The summed E-state index contributed by atoms with van der Waals surface area (Å²) in [6.07, 6.45) is -2.22. The van der Waals surface area contributed by atoms with Gasteiger partial charge in [0.05, 0.1) is 23.8 Å². The quantitative estimate of drug-likeness (QED) is 0.645. The molecular weight excluding hydrogens is 331 g/mol. The largest absolute Gasteiger partial charge is 0.573 e. The Kier molecular flexibility index (Phi) is 3.96. The maximum atomic E-state index is 13.9. The summed E-state index contributed by atoms with van der Waals surface area (Å²) in [6.45, 7) is 0. The van der Waals surface area contributed by atoms with Gasteiger partial charge in [-0.2, -0.15) is 0 Å². The predicted octanol–water partition coefficient (Wildman–Crippen LogP) is 4.72. The molecule has 0 unspecified atom stereocenters. The molecule has 8 heteroatoms. The van der Waals surface area contributed by atoms with Crippen LogP contribution in [0, 0.1) is 11.6 Å². The Labute approximate surface area is 132 Å². The van der Waals surface area contributed by atoms with Crippen molar-refractivity contribution in [3.8, 4) is 22.7 Å². The van der Waals surface area contributed by atoms with Gasteiger partial charge >= 0.3 is 6.36 Å². The third-order valence-corrected chi connectivity index (χ3v) is 3.21. The fraction of sp³-hybridized carbons (Fsp3) is 0.0625. The molecule has 0 aliphatic heterocycles. The Morgan fingerprint density at radius 3 is 2.12 bits per heavy atom. The van der Waals surface area contributed by atoms with Crippen LogP contribution in [0.2, 0.25) is 0 Å². The fourth-order valence-corrected chi connectivity index (χ4v) is 2.24. The minimum Gasteiger partial charge on any atom is -0.406 e. The van der Waals surface area contributed by atoms with E-state index in [9.17, 15) is 22.0 Å². The lowest BCUT2D eigenvalue weighted by Crippen LogP contribution is -2.17. The van der Waals surface area contributed by atoms with Crippen molar-refractivity contribution in [2.45, 2.75) is 6.36 Å². The zero-order valence-electron chi connectivity index (χ0n) is 11.9. The summed E-state index contributed by atoms with van der Waals surface area (Å²) in [6, 6.07) is 8.30. The molecule has 0 saturated heterocycles. The van der Waals surface area contributed by atoms with E-state index in [0.29, 0.717) is 5.69 Å². The monoisotopic (exact) mass is 340 g/mol. The van der Waals surface area contributed by atoms with E-state index in [1.165, 1.54) is 35.3 Å². The molecule has 0 N–H and O–H groups in total. The number of benzene rings is 2. The van der Waals surface area contributed by atoms with Gasteiger partial charge in [0.1, 0.15) is 17.4 Å². The Morgan fingerprint density at radius 1 is 0.917 bits per heavy atom. The average molecular weight is 340 g/mol. The van der Waals surface area contributed by atoms with E-state index >= 15 is 0 Å². The molecule has 0 atom stereocenters. The van der Waals surface area contributed by atoms with Gasteiger partial charge in [0.25, 0.3) is 0 Å². The van der Waals surface area contributed by atoms with Gasteiger partial charge in [-0.3, -0.25) is 4.57 Å². The zero-order chi connectivity index (χ0) is 17.3. The highest BCUT2D eigenvalue weighted by molar-refractivity contribution is 5.63. The van der Waals surface area contributed by atoms with E-state index < -0.39 is 23.7 Å². The highest BCUT2D eigenvalue weighted by Gasteiger charge is 2.31. The van der Waals surface area contributed by atoms with Gasteiger partial charge in [-0.05, 0) is 36.4 Å². The minimum absolute atomic E-state index is 0.134. The number of rotatable bonds is 3. The standard InChI is InChI=1S/C16H9F5N2O/c17-12-2-1-3-13(18)15(12)14-8-22-9-23(14)10-4-6-11(7-5-10)24-16(19,20)21/h1-9H. The summed E-state index contributed by atoms with van der Waals surface area (Å²) < 4.78 is 69.5. The molecule has 24 heavy (non-hydrogen) atoms. The summed E-state index contributed by atoms with van der Waals surface area (Å²) >= 11 is 0. The first-order valence-electron chi connectivity index (χ1n) is 6.68. The van der Waals surface area contributed by atoms with E-state index in [2.05, 4.69) is 9.72 Å². The molecule has 3 rings (SSSR count). The van der Waals surface area contributed by atoms with Crippen molar-refractivity contribution in [2.75, 3.05) is 0 Å². The van der Waals surface area contributed by atoms with Crippen LogP contribution in [0.5, 0.6) is 5.75 Å². The van der Waals surface area contributed by atoms with Crippen molar-refractivity contribution in [1.82, 2.24) is 9.55 Å². The molecule has 124 valence electrons. The minimum atomic E-state index is -4.79. The third-order valence-electron chi connectivity index (χ3n) is 3.21. The fourth-order valence-electron chi connectivity index (χ4n) is 2.24. The Morgan fingerprint density at radius 2 is 1.54 bits per heavy atom. The number of ether oxygens (including phenoxy) is 1. The number of hydrogen-bond donors (Lipinski definition) is 0. The molecule has 3 nitrogen and oxygen atoms in total. The topological polar surface area (TPSA) is 27.1 Å². The highest BCUT2D eigenvalue weighted by atomic mass is 19.4. The van der Waals surface area contributed by atoms with Crippen LogP contribution in [-0.4, -0.2) is 15.9 Å². The number of imidazole rings is 1. The first kappa shape index (κ1) is 16.0. The van der Waals surface area contributed by atoms with Crippen molar-refractivity contribution in [2.24, 2.45) is 0 Å². The van der Waals surface area contributed by atoms with Crippen molar-refractivity contribution in [1.29, 1.82) is 0 Å². The summed E-state index contributed by atoms with van der Waals surface area (Å²) in [5.74, 6) is -1.94. The van der Waals surface area contributed by atoms with Crippen LogP contribution in [0.4, 0.5) is 22.0 Å². The van der Waals surface area contributed by atoms with Gasteiger partial charge in [-0.25, -0.2) is 13.8 Å². The highest BCUT2D eigenvalue weighted by Crippen LogP contribution is 2.29. The molecule has 0 aliphatic rings. The first-order chi connectivity index (χ1) is 11.3. The first-order valence-corrected chi connectivity index (χ1v) is 6.68. The molecule has 0 aliphatic carbocycles. The van der Waals surface area contributed by atoms with Crippen LogP contribution in [0.15, 0.2) is 55.0 Å². The zero-order valence-corrected chi connectivity index (χ0v) is 11.9. The molecule has 0 spiro atoms. The normalized spacial score (nSPS) is 11.5. The van der Waals surface area contributed by atoms with E-state index in [1.54, 1.807) is 0 Å². The second kappa shape index (κ2) is 5.95. The Bertz CT molecular complexity index is 835. The molecule has 0 fully saturated rings. The van der Waals surface area contributed by atoms with Crippen molar-refractivity contribution in [3.63, 3.8) is 0 Å². The summed E-state index contributed by atoms with van der Waals surface area (Å²) in [5.41, 5.74) is 0.236. The lowest BCUT2D eigenvalue weighted by molar-refractivity contribution is -0.274. The lowest BCUT2D eigenvalue weighted by atomic mass is 10.1. The van der Waals surface area contributed by atoms with Gasteiger partial charge in [0.15, 0.2) is 0 Å². The molecule has 1 aromatic heterocycles. The second-order valence-corrected chi connectivity index (χ2v) is 4.79. The number of halogens is 5. The van der Waals surface area contributed by atoms with Gasteiger partial charge < -0.3 is 4.74 Å². The van der Waals surface area contributed by atoms with Crippen LogP contribution in [0.3, 0.4) is 0 Å². The van der Waals surface area contributed by atoms with E-state index in [0.717, 1.165) is 24.3 Å². The van der Waals surface area contributed by atoms with Crippen LogP contribution >= 0.6 is 0 Å². The molecule has 2 aromatic carbocycles. The lowest BCUT2D eigenvalue weighted by Gasteiger charge is -2.12. The van der Waals surface area contributed by atoms with Gasteiger partial charge in [-0.1, -0.05) is 6.07 Å². The van der Waals surface area contributed by atoms with E-state index in [1.807, 2.05) is 0 Å². The van der Waals surface area contributed by atoms with Crippen LogP contribution in [-0.2, 0) is 0 Å². The van der Waals surface area contributed by atoms with E-state index in [4.69, 9.17) is 0 Å². The van der Waals surface area contributed by atoms with Crippen molar-refractivity contribution in [3.05, 3.63) is 66.6 Å². The molecule has 0 saturated carbocycles. The molecule has 0 radical (unpaired) electrons. The molecule has 0 amide bonds. The number of hydrogen-bond acceptors (Lipinski definition) is 2. The van der Waals surface area contributed by atoms with E-state index in [-0.39, 0.29) is 11.3 Å². The smallest absolute Gasteiger partial charge is 0.406 e. The summed E-state index contributed by atoms with van der Waals surface area (Å²) in [5, 5.41) is 0. The Balaban J connectivity index is 1.99. The molecule has 3 aromatic rings. The Hall–Kier alpha value is -2.90. The van der Waals surface area contributed by atoms with Crippen LogP contribution in [0.1, 0.15) is 0 Å². The molecular formula is C16H9F5N2O. The maximum absolute atomic E-state index is 13.9.